The quantitative estimate of drug-likeness (QED) is 0.355. The van der Waals surface area contributed by atoms with Crippen molar-refractivity contribution in [3.63, 3.8) is 0 Å². The van der Waals surface area contributed by atoms with E-state index in [1.807, 2.05) is 25.1 Å². The number of guanidine groups is 1. The molecule has 0 aliphatic carbocycles. The SMILES string of the molecule is CCNC(=NCCCc1ccccc1)NCCOCCS(C)(=O)=O. The molecule has 0 bridgehead atoms. The third-order valence-electron chi connectivity index (χ3n) is 3.22. The molecule has 0 saturated heterocycles. The van der Waals surface area contributed by atoms with E-state index >= 15 is 0 Å². The molecular formula is C17H29N3O3S. The molecule has 1 aromatic carbocycles. The maximum absolute atomic E-state index is 11.0. The second-order valence-electron chi connectivity index (χ2n) is 5.52. The van der Waals surface area contributed by atoms with Gasteiger partial charge in [-0.3, -0.25) is 4.99 Å². The van der Waals surface area contributed by atoms with Crippen LogP contribution in [0, 0.1) is 0 Å². The average molecular weight is 356 g/mol. The van der Waals surface area contributed by atoms with Crippen molar-refractivity contribution in [1.29, 1.82) is 0 Å². The molecule has 0 atom stereocenters. The number of benzene rings is 1. The molecule has 0 saturated carbocycles. The second-order valence-corrected chi connectivity index (χ2v) is 7.78. The average Bonchev–Trinajstić information content (AvgIpc) is 2.54. The van der Waals surface area contributed by atoms with Crippen LogP contribution in [-0.2, 0) is 21.0 Å². The van der Waals surface area contributed by atoms with Crippen LogP contribution in [0.25, 0.3) is 0 Å². The number of rotatable bonds is 11. The molecule has 7 heteroatoms. The summed E-state index contributed by atoms with van der Waals surface area (Å²) in [5.74, 6) is 0.818. The lowest BCUT2D eigenvalue weighted by Crippen LogP contribution is -2.39. The molecule has 24 heavy (non-hydrogen) atoms. The van der Waals surface area contributed by atoms with Gasteiger partial charge in [-0.1, -0.05) is 30.3 Å². The number of nitrogens with zero attached hydrogens (tertiary/aromatic N) is 1. The van der Waals surface area contributed by atoms with Crippen LogP contribution < -0.4 is 10.6 Å². The van der Waals surface area contributed by atoms with Gasteiger partial charge in [0.1, 0.15) is 9.84 Å². The van der Waals surface area contributed by atoms with E-state index in [0.717, 1.165) is 31.9 Å². The molecule has 1 rings (SSSR count). The molecule has 0 amide bonds. The van der Waals surface area contributed by atoms with E-state index in [-0.39, 0.29) is 12.4 Å². The van der Waals surface area contributed by atoms with Gasteiger partial charge in [-0.2, -0.15) is 0 Å². The predicted octanol–water partition coefficient (Wildman–Crippen LogP) is 1.24. The highest BCUT2D eigenvalue weighted by Gasteiger charge is 2.01. The van der Waals surface area contributed by atoms with Crippen LogP contribution in [0.1, 0.15) is 18.9 Å². The highest BCUT2D eigenvalue weighted by molar-refractivity contribution is 7.90. The number of aryl methyl sites for hydroxylation is 1. The van der Waals surface area contributed by atoms with E-state index in [0.29, 0.717) is 13.2 Å². The first-order valence-corrected chi connectivity index (χ1v) is 10.4. The van der Waals surface area contributed by atoms with E-state index in [1.54, 1.807) is 0 Å². The lowest BCUT2D eigenvalue weighted by Gasteiger charge is -2.11. The van der Waals surface area contributed by atoms with Gasteiger partial charge in [0.2, 0.25) is 0 Å². The maximum atomic E-state index is 11.0. The molecule has 0 unspecified atom stereocenters. The zero-order valence-electron chi connectivity index (χ0n) is 14.6. The monoisotopic (exact) mass is 355 g/mol. The molecule has 0 aliphatic heterocycles. The van der Waals surface area contributed by atoms with Gasteiger partial charge in [-0.05, 0) is 25.3 Å². The van der Waals surface area contributed by atoms with Gasteiger partial charge in [-0.15, -0.1) is 0 Å². The van der Waals surface area contributed by atoms with Crippen LogP contribution in [0.15, 0.2) is 35.3 Å². The van der Waals surface area contributed by atoms with Crippen LogP contribution in [0.3, 0.4) is 0 Å². The van der Waals surface area contributed by atoms with Crippen molar-refractivity contribution >= 4 is 15.8 Å². The van der Waals surface area contributed by atoms with Crippen LogP contribution in [-0.4, -0.2) is 59.2 Å². The normalized spacial score (nSPS) is 12.2. The molecule has 136 valence electrons. The van der Waals surface area contributed by atoms with Gasteiger partial charge in [0.15, 0.2) is 5.96 Å². The van der Waals surface area contributed by atoms with E-state index < -0.39 is 9.84 Å². The summed E-state index contributed by atoms with van der Waals surface area (Å²) in [7, 11) is -2.96. The Hall–Kier alpha value is -1.60. The van der Waals surface area contributed by atoms with Gasteiger partial charge >= 0.3 is 0 Å². The molecule has 1 aromatic rings. The summed E-state index contributed by atoms with van der Waals surface area (Å²) in [6.07, 6.45) is 3.21. The Kier molecular flexibility index (Phi) is 10.1. The van der Waals surface area contributed by atoms with Crippen molar-refractivity contribution in [3.8, 4) is 0 Å². The summed E-state index contributed by atoms with van der Waals surface area (Å²) in [5.41, 5.74) is 1.32. The molecule has 0 aromatic heterocycles. The molecule has 2 N–H and O–H groups in total. The molecule has 6 nitrogen and oxygen atoms in total. The van der Waals surface area contributed by atoms with Crippen LogP contribution >= 0.6 is 0 Å². The molecule has 0 heterocycles. The third kappa shape index (κ3) is 11.0. The zero-order valence-corrected chi connectivity index (χ0v) is 15.4. The lowest BCUT2D eigenvalue weighted by molar-refractivity contribution is 0.154. The van der Waals surface area contributed by atoms with Crippen molar-refractivity contribution in [3.05, 3.63) is 35.9 Å². The van der Waals surface area contributed by atoms with Gasteiger partial charge in [-0.25, -0.2) is 8.42 Å². The minimum absolute atomic E-state index is 0.0562. The van der Waals surface area contributed by atoms with Crippen molar-refractivity contribution < 1.29 is 13.2 Å². The smallest absolute Gasteiger partial charge is 0.191 e. The minimum Gasteiger partial charge on any atom is -0.379 e. The van der Waals surface area contributed by atoms with Crippen molar-refractivity contribution in [1.82, 2.24) is 10.6 Å². The van der Waals surface area contributed by atoms with Gasteiger partial charge < -0.3 is 15.4 Å². The van der Waals surface area contributed by atoms with Gasteiger partial charge in [0.25, 0.3) is 0 Å². The summed E-state index contributed by atoms with van der Waals surface area (Å²) < 4.78 is 27.3. The summed E-state index contributed by atoms with van der Waals surface area (Å²) in [6.45, 7) is 4.83. The van der Waals surface area contributed by atoms with Crippen LogP contribution in [0.5, 0.6) is 0 Å². The molecular weight excluding hydrogens is 326 g/mol. The van der Waals surface area contributed by atoms with Crippen molar-refractivity contribution in [2.75, 3.05) is 44.9 Å². The van der Waals surface area contributed by atoms with E-state index in [4.69, 9.17) is 4.74 Å². The first-order valence-electron chi connectivity index (χ1n) is 8.33. The molecule has 0 fully saturated rings. The summed E-state index contributed by atoms with van der Waals surface area (Å²) >= 11 is 0. The minimum atomic E-state index is -2.96. The molecule has 0 radical (unpaired) electrons. The fourth-order valence-electron chi connectivity index (χ4n) is 2.01. The Labute approximate surface area is 145 Å². The number of hydrogen-bond donors (Lipinski definition) is 2. The summed E-state index contributed by atoms with van der Waals surface area (Å²) in [5, 5.41) is 6.37. The fraction of sp³-hybridized carbons (Fsp3) is 0.588. The third-order valence-corrected chi connectivity index (χ3v) is 4.13. The van der Waals surface area contributed by atoms with Crippen molar-refractivity contribution in [2.24, 2.45) is 4.99 Å². The van der Waals surface area contributed by atoms with E-state index in [9.17, 15) is 8.42 Å². The lowest BCUT2D eigenvalue weighted by atomic mass is 10.1. The number of nitrogens with one attached hydrogen (secondary N) is 2. The number of aliphatic imine (C=N–C) groups is 1. The fourth-order valence-corrected chi connectivity index (χ4v) is 2.44. The van der Waals surface area contributed by atoms with Gasteiger partial charge in [0.05, 0.1) is 19.0 Å². The number of hydrogen-bond acceptors (Lipinski definition) is 4. The molecule has 0 aliphatic rings. The maximum Gasteiger partial charge on any atom is 0.191 e. The van der Waals surface area contributed by atoms with Crippen LogP contribution in [0.4, 0.5) is 0 Å². The summed E-state index contributed by atoms with van der Waals surface area (Å²) in [4.78, 5) is 4.53. The first-order chi connectivity index (χ1) is 11.5. The topological polar surface area (TPSA) is 79.8 Å². The Morgan fingerprint density at radius 1 is 1.17 bits per heavy atom. The largest absolute Gasteiger partial charge is 0.379 e. The first kappa shape index (κ1) is 20.4. The second kappa shape index (κ2) is 11.9. The van der Waals surface area contributed by atoms with Gasteiger partial charge in [0, 0.05) is 25.9 Å². The Morgan fingerprint density at radius 3 is 2.58 bits per heavy atom. The van der Waals surface area contributed by atoms with E-state index in [1.165, 1.54) is 11.8 Å². The van der Waals surface area contributed by atoms with Crippen molar-refractivity contribution in [2.45, 2.75) is 19.8 Å². The van der Waals surface area contributed by atoms with E-state index in [2.05, 4.69) is 27.8 Å². The zero-order chi connectivity index (χ0) is 17.7. The highest BCUT2D eigenvalue weighted by atomic mass is 32.2. The standard InChI is InChI=1S/C17H29N3O3S/c1-3-18-17(20-12-13-23-14-15-24(2,21)22)19-11-7-10-16-8-5-4-6-9-16/h4-6,8-9H,3,7,10-15H2,1-2H3,(H2,18,19,20). The number of ether oxygens (including phenoxy) is 1. The number of sulfone groups is 1. The molecule has 0 spiro atoms. The predicted molar refractivity (Wildman–Crippen MR) is 99.3 cm³/mol. The Bertz CT molecular complexity index is 574. The van der Waals surface area contributed by atoms with Crippen LogP contribution in [0.2, 0.25) is 0 Å². The Balaban J connectivity index is 2.20. The Morgan fingerprint density at radius 2 is 1.92 bits per heavy atom. The summed E-state index contributed by atoms with van der Waals surface area (Å²) in [6, 6.07) is 10.4. The highest BCUT2D eigenvalue weighted by Crippen LogP contribution is 2.02.